The van der Waals surface area contributed by atoms with Gasteiger partial charge in [0.25, 0.3) is 0 Å². The maximum atomic E-state index is 12.8. The first-order valence-electron chi connectivity index (χ1n) is 9.39. The number of hydrogen-bond acceptors (Lipinski definition) is 6. The van der Waals surface area contributed by atoms with Crippen LogP contribution in [-0.4, -0.2) is 36.0 Å². The number of carbonyl (C=O) groups is 2. The van der Waals surface area contributed by atoms with Gasteiger partial charge in [0.2, 0.25) is 6.29 Å². The molecule has 1 saturated heterocycles. The number of fused-ring (bicyclic) bond motifs is 3. The van der Waals surface area contributed by atoms with Gasteiger partial charge in [-0.2, -0.15) is 0 Å². The van der Waals surface area contributed by atoms with E-state index in [1.165, 1.54) is 6.26 Å². The number of hydrogen-bond donors (Lipinski definition) is 1. The first-order chi connectivity index (χ1) is 12.3. The third-order valence-electron chi connectivity index (χ3n) is 6.19. The number of rotatable bonds is 1. The summed E-state index contributed by atoms with van der Waals surface area (Å²) in [6, 6.07) is 0. The summed E-state index contributed by atoms with van der Waals surface area (Å²) >= 11 is 0. The third-order valence-corrected chi connectivity index (χ3v) is 6.19. The first kappa shape index (κ1) is 19.0. The number of carbonyl (C=O) groups excluding carboxylic acids is 2. The van der Waals surface area contributed by atoms with Crippen LogP contribution in [-0.2, 0) is 23.8 Å². The van der Waals surface area contributed by atoms with Gasteiger partial charge in [0.15, 0.2) is 0 Å². The van der Waals surface area contributed by atoms with Crippen molar-refractivity contribution in [3.63, 3.8) is 0 Å². The fourth-order valence-corrected chi connectivity index (χ4v) is 4.55. The second-order valence-corrected chi connectivity index (χ2v) is 7.90. The fourth-order valence-electron chi connectivity index (χ4n) is 4.55. The monoisotopic (exact) mass is 364 g/mol. The standard InChI is InChI=1S/C20H28O6/c1-5-12-14-7-18(21)24-8-15-11(4)17(6-13(15)10(2)3)26-20(23)16(14)9-25-19(12)22/h5,9-11,13-15,17,19,22H,6-8H2,1-4H3. The molecule has 3 aliphatic rings. The molecular weight excluding hydrogens is 336 g/mol. The van der Waals surface area contributed by atoms with Crippen molar-refractivity contribution in [2.75, 3.05) is 6.61 Å². The predicted octanol–water partition coefficient (Wildman–Crippen LogP) is 2.57. The van der Waals surface area contributed by atoms with Crippen LogP contribution in [0, 0.1) is 29.6 Å². The van der Waals surface area contributed by atoms with Gasteiger partial charge in [0, 0.05) is 17.4 Å². The SMILES string of the molecule is CC=C1C(O)OC=C2C(=O)OC3CC(C(C)C)C(COC(=O)CC21)C3C. The van der Waals surface area contributed by atoms with Crippen molar-refractivity contribution >= 4 is 11.9 Å². The quantitative estimate of drug-likeness (QED) is 0.569. The summed E-state index contributed by atoms with van der Waals surface area (Å²) in [7, 11) is 0. The number of aliphatic hydroxyl groups is 1. The molecule has 2 fully saturated rings. The number of esters is 2. The number of aliphatic hydroxyl groups excluding tert-OH is 1. The Morgan fingerprint density at radius 2 is 2.04 bits per heavy atom. The normalized spacial score (nSPS) is 39.5. The topological polar surface area (TPSA) is 82.1 Å². The molecule has 2 aliphatic heterocycles. The highest BCUT2D eigenvalue weighted by molar-refractivity contribution is 5.91. The molecule has 0 aromatic heterocycles. The summed E-state index contributed by atoms with van der Waals surface area (Å²) in [5, 5.41) is 10.0. The van der Waals surface area contributed by atoms with Gasteiger partial charge in [-0.25, -0.2) is 4.79 Å². The lowest BCUT2D eigenvalue weighted by Crippen LogP contribution is -2.32. The summed E-state index contributed by atoms with van der Waals surface area (Å²) < 4.78 is 16.6. The molecule has 1 N–H and O–H groups in total. The van der Waals surface area contributed by atoms with Crippen molar-refractivity contribution in [2.45, 2.75) is 52.9 Å². The largest absolute Gasteiger partial charge is 0.468 e. The molecule has 1 saturated carbocycles. The zero-order chi connectivity index (χ0) is 19.0. The molecule has 2 bridgehead atoms. The lowest BCUT2D eigenvalue weighted by molar-refractivity contribution is -0.147. The zero-order valence-corrected chi connectivity index (χ0v) is 15.8. The van der Waals surface area contributed by atoms with Gasteiger partial charge in [0.1, 0.15) is 6.10 Å². The number of ether oxygens (including phenoxy) is 3. The van der Waals surface area contributed by atoms with Gasteiger partial charge in [0.05, 0.1) is 24.9 Å². The van der Waals surface area contributed by atoms with Crippen LogP contribution in [0.15, 0.2) is 23.5 Å². The van der Waals surface area contributed by atoms with E-state index in [-0.39, 0.29) is 35.9 Å². The Labute approximate surface area is 154 Å². The van der Waals surface area contributed by atoms with Gasteiger partial charge < -0.3 is 19.3 Å². The second-order valence-electron chi connectivity index (χ2n) is 7.90. The third kappa shape index (κ3) is 3.39. The van der Waals surface area contributed by atoms with Gasteiger partial charge in [-0.15, -0.1) is 0 Å². The number of allylic oxidation sites excluding steroid dienone is 1. The molecule has 2 heterocycles. The van der Waals surface area contributed by atoms with Crippen molar-refractivity contribution in [1.29, 1.82) is 0 Å². The van der Waals surface area contributed by atoms with Crippen LogP contribution in [0.4, 0.5) is 0 Å². The molecule has 0 amide bonds. The highest BCUT2D eigenvalue weighted by atomic mass is 16.6. The molecule has 0 spiro atoms. The van der Waals surface area contributed by atoms with Gasteiger partial charge in [-0.3, -0.25) is 4.79 Å². The van der Waals surface area contributed by atoms with E-state index in [2.05, 4.69) is 20.8 Å². The fraction of sp³-hybridized carbons (Fsp3) is 0.700. The Balaban J connectivity index is 1.94. The van der Waals surface area contributed by atoms with Crippen molar-refractivity contribution in [3.05, 3.63) is 23.5 Å². The molecule has 0 radical (unpaired) electrons. The van der Waals surface area contributed by atoms with Crippen LogP contribution in [0.2, 0.25) is 0 Å². The van der Waals surface area contributed by atoms with E-state index in [1.54, 1.807) is 13.0 Å². The lowest BCUT2D eigenvalue weighted by Gasteiger charge is -2.30. The molecule has 6 atom stereocenters. The highest BCUT2D eigenvalue weighted by Crippen LogP contribution is 2.44. The Morgan fingerprint density at radius 1 is 1.31 bits per heavy atom. The Kier molecular flexibility index (Phi) is 5.42. The summed E-state index contributed by atoms with van der Waals surface area (Å²) in [5.74, 6) is -0.380. The first-order valence-corrected chi connectivity index (χ1v) is 9.39. The molecule has 6 nitrogen and oxygen atoms in total. The Morgan fingerprint density at radius 3 is 2.69 bits per heavy atom. The van der Waals surface area contributed by atoms with Gasteiger partial charge >= 0.3 is 11.9 Å². The van der Waals surface area contributed by atoms with Crippen LogP contribution in [0.3, 0.4) is 0 Å². The van der Waals surface area contributed by atoms with Crippen LogP contribution in [0.1, 0.15) is 40.5 Å². The van der Waals surface area contributed by atoms with E-state index < -0.39 is 18.2 Å². The lowest BCUT2D eigenvalue weighted by atomic mass is 9.83. The van der Waals surface area contributed by atoms with Crippen LogP contribution < -0.4 is 0 Å². The minimum Gasteiger partial charge on any atom is -0.468 e. The molecule has 3 rings (SSSR count). The summed E-state index contributed by atoms with van der Waals surface area (Å²) in [4.78, 5) is 25.3. The van der Waals surface area contributed by atoms with E-state index in [4.69, 9.17) is 14.2 Å². The molecule has 0 aromatic carbocycles. The van der Waals surface area contributed by atoms with Crippen LogP contribution >= 0.6 is 0 Å². The van der Waals surface area contributed by atoms with Gasteiger partial charge in [-0.05, 0) is 31.1 Å². The van der Waals surface area contributed by atoms with E-state index in [9.17, 15) is 14.7 Å². The smallest absolute Gasteiger partial charge is 0.338 e. The predicted molar refractivity (Wildman–Crippen MR) is 93.5 cm³/mol. The molecule has 144 valence electrons. The minimum absolute atomic E-state index is 0.0147. The number of cyclic esters (lactones) is 1. The highest BCUT2D eigenvalue weighted by Gasteiger charge is 2.46. The van der Waals surface area contributed by atoms with Crippen LogP contribution in [0.25, 0.3) is 0 Å². The van der Waals surface area contributed by atoms with E-state index >= 15 is 0 Å². The van der Waals surface area contributed by atoms with Gasteiger partial charge in [-0.1, -0.05) is 26.8 Å². The Bertz CT molecular complexity index is 634. The van der Waals surface area contributed by atoms with E-state index in [0.717, 1.165) is 6.42 Å². The van der Waals surface area contributed by atoms with Crippen LogP contribution in [0.5, 0.6) is 0 Å². The molecule has 26 heavy (non-hydrogen) atoms. The molecule has 6 heteroatoms. The van der Waals surface area contributed by atoms with Crippen molar-refractivity contribution < 1.29 is 28.9 Å². The summed E-state index contributed by atoms with van der Waals surface area (Å²) in [5.41, 5.74) is 0.743. The molecule has 1 aliphatic carbocycles. The zero-order valence-electron chi connectivity index (χ0n) is 15.8. The Hall–Kier alpha value is -1.82. The average molecular weight is 364 g/mol. The van der Waals surface area contributed by atoms with Crippen molar-refractivity contribution in [1.82, 2.24) is 0 Å². The minimum atomic E-state index is -1.17. The van der Waals surface area contributed by atoms with Crippen molar-refractivity contribution in [3.8, 4) is 0 Å². The van der Waals surface area contributed by atoms with E-state index in [1.807, 2.05) is 0 Å². The van der Waals surface area contributed by atoms with Crippen molar-refractivity contribution in [2.24, 2.45) is 29.6 Å². The maximum Gasteiger partial charge on any atom is 0.338 e. The maximum absolute atomic E-state index is 12.8. The molecular formula is C20H28O6. The second kappa shape index (κ2) is 7.43. The molecule has 0 aromatic rings. The van der Waals surface area contributed by atoms with E-state index in [0.29, 0.717) is 24.0 Å². The summed E-state index contributed by atoms with van der Waals surface area (Å²) in [6.07, 6.45) is 2.28. The molecule has 6 unspecified atom stereocenters. The summed E-state index contributed by atoms with van der Waals surface area (Å²) in [6.45, 7) is 8.43. The average Bonchev–Trinajstić information content (AvgIpc) is 2.88.